The molecule has 4 aromatic rings. The van der Waals surface area contributed by atoms with Crippen LogP contribution in [0.4, 0.5) is 5.69 Å². The van der Waals surface area contributed by atoms with Crippen LogP contribution >= 0.6 is 0 Å². The number of anilines is 1. The molecule has 2 aliphatic rings. The summed E-state index contributed by atoms with van der Waals surface area (Å²) in [6.45, 7) is 5.10. The zero-order chi connectivity index (χ0) is 24.8. The third kappa shape index (κ3) is 4.10. The number of rotatable bonds is 5. The van der Waals surface area contributed by atoms with E-state index in [-0.39, 0.29) is 5.91 Å². The summed E-state index contributed by atoms with van der Waals surface area (Å²) in [4.78, 5) is 25.8. The number of ether oxygens (including phenoxy) is 1. The van der Waals surface area contributed by atoms with Crippen LogP contribution in [0.5, 0.6) is 0 Å². The van der Waals surface area contributed by atoms with Crippen LogP contribution in [0.1, 0.15) is 45.0 Å². The van der Waals surface area contributed by atoms with Crippen LogP contribution < -0.4 is 4.90 Å². The van der Waals surface area contributed by atoms with Crippen molar-refractivity contribution >= 4 is 22.6 Å². The number of carbonyl (C=O) groups excluding carboxylic acids is 1. The first-order valence-electron chi connectivity index (χ1n) is 12.7. The number of aryl methyl sites for hydroxylation is 1. The lowest BCUT2D eigenvalue weighted by molar-refractivity contribution is 0.0979. The number of aromatic amines is 1. The molecule has 1 N–H and O–H groups in total. The molecule has 4 heterocycles. The SMILES string of the molecule is Cc1c[nH]c2ncc(-c3cc4c(c(CN(C)C)c3)C(=O)N(c3ccc(C5CCOC5)cc3)CC4)cc12. The van der Waals surface area contributed by atoms with Gasteiger partial charge in [-0.3, -0.25) is 4.79 Å². The van der Waals surface area contributed by atoms with Gasteiger partial charge < -0.3 is 19.5 Å². The average molecular weight is 481 g/mol. The van der Waals surface area contributed by atoms with E-state index in [0.29, 0.717) is 19.0 Å². The summed E-state index contributed by atoms with van der Waals surface area (Å²) < 4.78 is 5.55. The minimum Gasteiger partial charge on any atom is -0.381 e. The highest BCUT2D eigenvalue weighted by Crippen LogP contribution is 2.34. The first-order valence-corrected chi connectivity index (χ1v) is 12.7. The summed E-state index contributed by atoms with van der Waals surface area (Å²) in [5.41, 5.74) is 9.57. The van der Waals surface area contributed by atoms with Gasteiger partial charge >= 0.3 is 0 Å². The highest BCUT2D eigenvalue weighted by atomic mass is 16.5. The number of nitrogens with zero attached hydrogens (tertiary/aromatic N) is 3. The van der Waals surface area contributed by atoms with Crippen molar-refractivity contribution in [1.29, 1.82) is 0 Å². The number of hydrogen-bond acceptors (Lipinski definition) is 4. The second-order valence-corrected chi connectivity index (χ2v) is 10.4. The largest absolute Gasteiger partial charge is 0.381 e. The number of pyridine rings is 1. The van der Waals surface area contributed by atoms with Crippen LogP contribution in [0.25, 0.3) is 22.2 Å². The van der Waals surface area contributed by atoms with Gasteiger partial charge in [-0.05, 0) is 85.9 Å². The Labute approximate surface area is 211 Å². The second kappa shape index (κ2) is 9.19. The van der Waals surface area contributed by atoms with Crippen molar-refractivity contribution in [2.24, 2.45) is 0 Å². The molecule has 1 saturated heterocycles. The van der Waals surface area contributed by atoms with Crippen molar-refractivity contribution in [2.75, 3.05) is 38.8 Å². The van der Waals surface area contributed by atoms with Crippen LogP contribution in [0.15, 0.2) is 54.9 Å². The second-order valence-electron chi connectivity index (χ2n) is 10.4. The molecular weight excluding hydrogens is 448 g/mol. The van der Waals surface area contributed by atoms with E-state index in [1.807, 2.05) is 31.4 Å². The third-order valence-electron chi connectivity index (χ3n) is 7.53. The molecule has 1 fully saturated rings. The number of nitrogens with one attached hydrogen (secondary N) is 1. The van der Waals surface area contributed by atoms with Gasteiger partial charge in [0.05, 0.1) is 6.61 Å². The molecular formula is C30H32N4O2. The summed E-state index contributed by atoms with van der Waals surface area (Å²) in [5, 5.41) is 1.13. The van der Waals surface area contributed by atoms with Gasteiger partial charge in [-0.1, -0.05) is 18.2 Å². The summed E-state index contributed by atoms with van der Waals surface area (Å²) in [5.74, 6) is 0.553. The molecule has 1 unspecified atom stereocenters. The van der Waals surface area contributed by atoms with Gasteiger partial charge in [-0.2, -0.15) is 0 Å². The lowest BCUT2D eigenvalue weighted by Gasteiger charge is -2.31. The Morgan fingerprint density at radius 3 is 2.72 bits per heavy atom. The molecule has 0 aliphatic carbocycles. The fourth-order valence-corrected chi connectivity index (χ4v) is 5.60. The number of amides is 1. The molecule has 2 aliphatic heterocycles. The number of aromatic nitrogens is 2. The Balaban J connectivity index is 1.36. The Hall–Kier alpha value is -3.48. The molecule has 0 radical (unpaired) electrons. The molecule has 184 valence electrons. The molecule has 36 heavy (non-hydrogen) atoms. The van der Waals surface area contributed by atoms with Crippen molar-refractivity contribution in [3.63, 3.8) is 0 Å². The maximum Gasteiger partial charge on any atom is 0.258 e. The number of H-pyrrole nitrogens is 1. The Kier molecular flexibility index (Phi) is 5.86. The van der Waals surface area contributed by atoms with Crippen LogP contribution in [-0.4, -0.2) is 54.6 Å². The molecule has 1 amide bonds. The van der Waals surface area contributed by atoms with Gasteiger partial charge in [0.25, 0.3) is 5.91 Å². The fraction of sp³-hybridized carbons (Fsp3) is 0.333. The van der Waals surface area contributed by atoms with E-state index in [1.165, 1.54) is 11.1 Å². The number of carbonyl (C=O) groups is 1. The predicted molar refractivity (Wildman–Crippen MR) is 144 cm³/mol. The molecule has 0 spiro atoms. The van der Waals surface area contributed by atoms with Gasteiger partial charge in [0, 0.05) is 60.2 Å². The van der Waals surface area contributed by atoms with Crippen LogP contribution in [-0.2, 0) is 17.7 Å². The van der Waals surface area contributed by atoms with Crippen LogP contribution in [0.3, 0.4) is 0 Å². The lowest BCUT2D eigenvalue weighted by atomic mass is 9.89. The molecule has 6 heteroatoms. The van der Waals surface area contributed by atoms with E-state index >= 15 is 0 Å². The topological polar surface area (TPSA) is 61.5 Å². The highest BCUT2D eigenvalue weighted by molar-refractivity contribution is 6.09. The first-order chi connectivity index (χ1) is 17.5. The number of benzene rings is 2. The molecule has 1 atom stereocenters. The molecule has 2 aromatic carbocycles. The third-order valence-corrected chi connectivity index (χ3v) is 7.53. The highest BCUT2D eigenvalue weighted by Gasteiger charge is 2.29. The minimum atomic E-state index is 0.0895. The van der Waals surface area contributed by atoms with E-state index in [0.717, 1.165) is 70.6 Å². The molecule has 0 bridgehead atoms. The lowest BCUT2D eigenvalue weighted by Crippen LogP contribution is -2.38. The summed E-state index contributed by atoms with van der Waals surface area (Å²) >= 11 is 0. The monoisotopic (exact) mass is 480 g/mol. The standard InChI is InChI=1S/C30H32N4O2/c1-19-15-31-29-27(19)14-24(16-32-29)23-12-21-8-10-34(30(35)28(21)25(13-23)17-33(2)3)26-6-4-20(5-7-26)22-9-11-36-18-22/h4-7,12-16,22H,8-11,17-18H2,1-3H3,(H,31,32). The Morgan fingerprint density at radius 1 is 1.14 bits per heavy atom. The first kappa shape index (κ1) is 23.0. The summed E-state index contributed by atoms with van der Waals surface area (Å²) in [6.07, 6.45) is 5.81. The number of fused-ring (bicyclic) bond motifs is 2. The van der Waals surface area contributed by atoms with Crippen LogP contribution in [0, 0.1) is 6.92 Å². The number of hydrogen-bond donors (Lipinski definition) is 1. The van der Waals surface area contributed by atoms with Gasteiger partial charge in [-0.25, -0.2) is 4.98 Å². The van der Waals surface area contributed by atoms with Crippen molar-refractivity contribution in [3.8, 4) is 11.1 Å². The summed E-state index contributed by atoms with van der Waals surface area (Å²) in [6, 6.07) is 15.1. The predicted octanol–water partition coefficient (Wildman–Crippen LogP) is 5.31. The normalized spacial score (nSPS) is 17.8. The maximum atomic E-state index is 13.9. The van der Waals surface area contributed by atoms with E-state index in [2.05, 4.69) is 64.3 Å². The smallest absolute Gasteiger partial charge is 0.258 e. The maximum absolute atomic E-state index is 13.9. The van der Waals surface area contributed by atoms with Crippen molar-refractivity contribution in [2.45, 2.75) is 32.2 Å². The van der Waals surface area contributed by atoms with Crippen molar-refractivity contribution < 1.29 is 9.53 Å². The van der Waals surface area contributed by atoms with E-state index in [9.17, 15) is 4.79 Å². The van der Waals surface area contributed by atoms with Gasteiger partial charge in [0.2, 0.25) is 0 Å². The van der Waals surface area contributed by atoms with E-state index in [1.54, 1.807) is 0 Å². The van der Waals surface area contributed by atoms with Crippen LogP contribution in [0.2, 0.25) is 0 Å². The fourth-order valence-electron chi connectivity index (χ4n) is 5.60. The molecule has 0 saturated carbocycles. The van der Waals surface area contributed by atoms with Crippen molar-refractivity contribution in [3.05, 3.63) is 82.7 Å². The summed E-state index contributed by atoms with van der Waals surface area (Å²) in [7, 11) is 4.10. The van der Waals surface area contributed by atoms with Gasteiger partial charge in [-0.15, -0.1) is 0 Å². The molecule has 6 rings (SSSR count). The van der Waals surface area contributed by atoms with E-state index in [4.69, 9.17) is 4.74 Å². The average Bonchev–Trinajstić information content (AvgIpc) is 3.54. The quantitative estimate of drug-likeness (QED) is 0.421. The zero-order valence-corrected chi connectivity index (χ0v) is 21.2. The van der Waals surface area contributed by atoms with E-state index < -0.39 is 0 Å². The molecule has 2 aromatic heterocycles. The Bertz CT molecular complexity index is 1430. The minimum absolute atomic E-state index is 0.0895. The zero-order valence-electron chi connectivity index (χ0n) is 21.2. The molecule has 6 nitrogen and oxygen atoms in total. The van der Waals surface area contributed by atoms with Gasteiger partial charge in [0.1, 0.15) is 5.65 Å². The van der Waals surface area contributed by atoms with Gasteiger partial charge in [0.15, 0.2) is 0 Å². The van der Waals surface area contributed by atoms with Crippen molar-refractivity contribution in [1.82, 2.24) is 14.9 Å². The Morgan fingerprint density at radius 2 is 1.97 bits per heavy atom.